The molecule has 1 aromatic rings. The highest BCUT2D eigenvalue weighted by atomic mass is 19.4. The van der Waals surface area contributed by atoms with Crippen LogP contribution in [0, 0.1) is 11.7 Å². The van der Waals surface area contributed by atoms with E-state index in [2.05, 4.69) is 12.2 Å². The zero-order valence-corrected chi connectivity index (χ0v) is 21.3. The number of nitrogens with one attached hydrogen (secondary N) is 1. The lowest BCUT2D eigenvalue weighted by Gasteiger charge is -2.21. The van der Waals surface area contributed by atoms with Crippen LogP contribution in [0.25, 0.3) is 0 Å². The van der Waals surface area contributed by atoms with Gasteiger partial charge in [0.05, 0.1) is 12.2 Å². The number of hydrogen-bond donors (Lipinski definition) is 1. The van der Waals surface area contributed by atoms with Crippen LogP contribution in [0.5, 0.6) is 0 Å². The Balaban J connectivity index is 2.32. The Kier molecular flexibility index (Phi) is 14.6. The molecule has 0 spiro atoms. The van der Waals surface area contributed by atoms with E-state index in [9.17, 15) is 27.2 Å². The highest BCUT2D eigenvalue weighted by Crippen LogP contribution is 2.31. The molecule has 0 aliphatic heterocycles. The van der Waals surface area contributed by atoms with Crippen LogP contribution in [-0.2, 0) is 15.7 Å². The summed E-state index contributed by atoms with van der Waals surface area (Å²) in [6.07, 6.45) is 9.44. The molecule has 0 fully saturated rings. The lowest BCUT2D eigenvalue weighted by molar-refractivity contribution is -0.147. The minimum absolute atomic E-state index is 0.240. The molecule has 0 aromatic heterocycles. The highest BCUT2D eigenvalue weighted by molar-refractivity contribution is 5.96. The Hall–Kier alpha value is -2.12. The van der Waals surface area contributed by atoms with Gasteiger partial charge in [-0.25, -0.2) is 9.18 Å². The smallest absolute Gasteiger partial charge is 0.419 e. The lowest BCUT2D eigenvalue weighted by atomic mass is 10.0. The molecule has 1 aromatic carbocycles. The van der Waals surface area contributed by atoms with Gasteiger partial charge in [-0.1, -0.05) is 91.4 Å². The SMILES string of the molecule is CCCCCCCCCCCCCCOC(=O)C(NC(=O)c1ccc(C(F)(F)F)c(F)c1)C(C)C. The van der Waals surface area contributed by atoms with Gasteiger partial charge in [-0.05, 0) is 30.5 Å². The number of amides is 1. The molecule has 1 amide bonds. The molecule has 8 heteroatoms. The fourth-order valence-corrected chi connectivity index (χ4v) is 3.81. The first-order valence-electron chi connectivity index (χ1n) is 12.9. The first kappa shape index (κ1) is 30.9. The van der Waals surface area contributed by atoms with E-state index < -0.39 is 35.5 Å². The molecule has 0 bridgehead atoms. The van der Waals surface area contributed by atoms with Crippen LogP contribution in [0.3, 0.4) is 0 Å². The maximum Gasteiger partial charge on any atom is 0.419 e. The van der Waals surface area contributed by atoms with E-state index in [1.54, 1.807) is 13.8 Å². The van der Waals surface area contributed by atoms with Crippen LogP contribution in [-0.4, -0.2) is 24.5 Å². The molecule has 4 nitrogen and oxygen atoms in total. The van der Waals surface area contributed by atoms with Crippen LogP contribution in [0.4, 0.5) is 17.6 Å². The van der Waals surface area contributed by atoms with Gasteiger partial charge in [-0.3, -0.25) is 4.79 Å². The van der Waals surface area contributed by atoms with Crippen molar-refractivity contribution in [1.29, 1.82) is 0 Å². The average Bonchev–Trinajstić information content (AvgIpc) is 2.79. The molecule has 1 N–H and O–H groups in total. The van der Waals surface area contributed by atoms with Crippen molar-refractivity contribution in [2.75, 3.05) is 6.61 Å². The van der Waals surface area contributed by atoms with Gasteiger partial charge in [0.2, 0.25) is 0 Å². The molecule has 0 radical (unpaired) electrons. The number of halogens is 4. The van der Waals surface area contributed by atoms with E-state index in [4.69, 9.17) is 4.74 Å². The van der Waals surface area contributed by atoms with Crippen molar-refractivity contribution in [2.24, 2.45) is 5.92 Å². The number of ether oxygens (including phenoxy) is 1. The molecule has 0 saturated heterocycles. The molecule has 200 valence electrons. The van der Waals surface area contributed by atoms with Crippen molar-refractivity contribution in [3.8, 4) is 0 Å². The molecule has 35 heavy (non-hydrogen) atoms. The van der Waals surface area contributed by atoms with Gasteiger partial charge in [-0.15, -0.1) is 0 Å². The first-order chi connectivity index (χ1) is 16.6. The summed E-state index contributed by atoms with van der Waals surface area (Å²) in [6, 6.07) is 0.940. The first-order valence-corrected chi connectivity index (χ1v) is 12.9. The minimum atomic E-state index is -4.85. The molecule has 1 unspecified atom stereocenters. The standard InChI is InChI=1S/C27H41F4NO3/c1-4-5-6-7-8-9-10-11-12-13-14-15-18-35-26(34)24(20(2)3)32-25(33)21-16-17-22(23(28)19-21)27(29,30)31/h16-17,19-20,24H,4-15,18H2,1-3H3,(H,32,33). The van der Waals surface area contributed by atoms with E-state index in [0.29, 0.717) is 12.1 Å². The number of carbonyl (C=O) groups is 2. The van der Waals surface area contributed by atoms with E-state index in [1.165, 1.54) is 51.4 Å². The van der Waals surface area contributed by atoms with E-state index in [1.807, 2.05) is 0 Å². The topological polar surface area (TPSA) is 55.4 Å². The Labute approximate surface area is 207 Å². The van der Waals surface area contributed by atoms with Crippen LogP contribution < -0.4 is 5.32 Å². The molecule has 0 aliphatic rings. The number of rotatable bonds is 17. The zero-order chi connectivity index (χ0) is 26.3. The molecular weight excluding hydrogens is 462 g/mol. The van der Waals surface area contributed by atoms with Crippen LogP contribution in [0.2, 0.25) is 0 Å². The number of carbonyl (C=O) groups excluding carboxylic acids is 2. The summed E-state index contributed by atoms with van der Waals surface area (Å²) < 4.78 is 57.2. The number of unbranched alkanes of at least 4 members (excludes halogenated alkanes) is 11. The summed E-state index contributed by atoms with van der Waals surface area (Å²) in [4.78, 5) is 24.8. The van der Waals surface area contributed by atoms with Gasteiger partial charge in [0.15, 0.2) is 0 Å². The van der Waals surface area contributed by atoms with E-state index >= 15 is 0 Å². The van der Waals surface area contributed by atoms with Crippen molar-refractivity contribution < 1.29 is 31.9 Å². The molecular formula is C27H41F4NO3. The third-order valence-corrected chi connectivity index (χ3v) is 5.99. The monoisotopic (exact) mass is 503 g/mol. The Morgan fingerprint density at radius 2 is 1.40 bits per heavy atom. The maximum atomic E-state index is 13.8. The van der Waals surface area contributed by atoms with Crippen molar-refractivity contribution in [3.05, 3.63) is 35.1 Å². The van der Waals surface area contributed by atoms with Gasteiger partial charge in [-0.2, -0.15) is 13.2 Å². The highest BCUT2D eigenvalue weighted by Gasteiger charge is 2.34. The summed E-state index contributed by atoms with van der Waals surface area (Å²) in [5, 5.41) is 2.45. The summed E-state index contributed by atoms with van der Waals surface area (Å²) in [6.45, 7) is 5.88. The number of benzene rings is 1. The predicted molar refractivity (Wildman–Crippen MR) is 130 cm³/mol. The van der Waals surface area contributed by atoms with E-state index in [0.717, 1.165) is 31.7 Å². The summed E-state index contributed by atoms with van der Waals surface area (Å²) >= 11 is 0. The van der Waals surface area contributed by atoms with Gasteiger partial charge in [0.25, 0.3) is 5.91 Å². The molecule has 0 saturated carbocycles. The zero-order valence-electron chi connectivity index (χ0n) is 21.3. The molecule has 1 atom stereocenters. The lowest BCUT2D eigenvalue weighted by Crippen LogP contribution is -2.45. The quantitative estimate of drug-likeness (QED) is 0.134. The van der Waals surface area contributed by atoms with Gasteiger partial charge in [0, 0.05) is 5.56 Å². The second-order valence-corrected chi connectivity index (χ2v) is 9.44. The second-order valence-electron chi connectivity index (χ2n) is 9.44. The third-order valence-electron chi connectivity index (χ3n) is 5.99. The van der Waals surface area contributed by atoms with Crippen LogP contribution in [0.15, 0.2) is 18.2 Å². The van der Waals surface area contributed by atoms with Gasteiger partial charge in [0.1, 0.15) is 11.9 Å². The molecule has 0 aliphatic carbocycles. The Morgan fingerprint density at radius 3 is 1.86 bits per heavy atom. The minimum Gasteiger partial charge on any atom is -0.464 e. The summed E-state index contributed by atoms with van der Waals surface area (Å²) in [5.41, 5.74) is -1.74. The van der Waals surface area contributed by atoms with Gasteiger partial charge < -0.3 is 10.1 Å². The number of alkyl halides is 3. The third kappa shape index (κ3) is 12.4. The van der Waals surface area contributed by atoms with Crippen molar-refractivity contribution in [1.82, 2.24) is 5.32 Å². The molecule has 0 heterocycles. The van der Waals surface area contributed by atoms with E-state index in [-0.39, 0.29) is 18.1 Å². The van der Waals surface area contributed by atoms with Crippen molar-refractivity contribution in [3.63, 3.8) is 0 Å². The fraction of sp³-hybridized carbons (Fsp3) is 0.704. The number of esters is 1. The predicted octanol–water partition coefficient (Wildman–Crippen LogP) is 7.84. The maximum absolute atomic E-state index is 13.8. The van der Waals surface area contributed by atoms with Crippen LogP contribution >= 0.6 is 0 Å². The van der Waals surface area contributed by atoms with Gasteiger partial charge >= 0.3 is 12.1 Å². The second kappa shape index (κ2) is 16.5. The summed E-state index contributed by atoms with van der Waals surface area (Å²) in [7, 11) is 0. The Morgan fingerprint density at radius 1 is 0.886 bits per heavy atom. The van der Waals surface area contributed by atoms with Crippen LogP contribution in [0.1, 0.15) is 114 Å². The summed E-state index contributed by atoms with van der Waals surface area (Å²) in [5.74, 6) is -3.30. The molecule has 1 rings (SSSR count). The average molecular weight is 504 g/mol. The fourth-order valence-electron chi connectivity index (χ4n) is 3.81. The van der Waals surface area contributed by atoms with Crippen molar-refractivity contribution >= 4 is 11.9 Å². The largest absolute Gasteiger partial charge is 0.464 e. The van der Waals surface area contributed by atoms with Crippen molar-refractivity contribution in [2.45, 2.75) is 110 Å². The normalized spacial score (nSPS) is 12.6. The Bertz CT molecular complexity index is 765. The number of hydrogen-bond acceptors (Lipinski definition) is 3.